The van der Waals surface area contributed by atoms with Gasteiger partial charge in [-0.3, -0.25) is 4.79 Å². The summed E-state index contributed by atoms with van der Waals surface area (Å²) >= 11 is 0. The second-order valence-electron chi connectivity index (χ2n) is 5.19. The number of halogens is 2. The normalized spacial score (nSPS) is 16.6. The molecule has 0 unspecified atom stereocenters. The number of alkyl halides is 2. The Morgan fingerprint density at radius 1 is 1.45 bits per heavy atom. The Bertz CT molecular complexity index is 470. The molecular weight excluding hydrogens is 266 g/mol. The van der Waals surface area contributed by atoms with Crippen LogP contribution in [0.3, 0.4) is 0 Å². The van der Waals surface area contributed by atoms with Gasteiger partial charge in [0, 0.05) is 18.2 Å². The lowest BCUT2D eigenvalue weighted by Crippen LogP contribution is -2.40. The summed E-state index contributed by atoms with van der Waals surface area (Å²) < 4.78 is 28.5. The molecule has 0 saturated heterocycles. The molecule has 1 aromatic carbocycles. The summed E-state index contributed by atoms with van der Waals surface area (Å²) in [5, 5.41) is 2.69. The lowest BCUT2D eigenvalue weighted by Gasteiger charge is -2.40. The largest absolute Gasteiger partial charge is 0.435 e. The number of nitrogens with two attached hydrogens (primary N) is 1. The van der Waals surface area contributed by atoms with Crippen LogP contribution >= 0.6 is 0 Å². The number of amides is 1. The molecule has 20 heavy (non-hydrogen) atoms. The Kier molecular flexibility index (Phi) is 4.54. The van der Waals surface area contributed by atoms with Gasteiger partial charge in [-0.25, -0.2) is 0 Å². The van der Waals surface area contributed by atoms with Crippen molar-refractivity contribution in [2.75, 3.05) is 11.9 Å². The summed E-state index contributed by atoms with van der Waals surface area (Å²) in [7, 11) is 0. The molecule has 0 aliphatic heterocycles. The van der Waals surface area contributed by atoms with Crippen LogP contribution in [-0.4, -0.2) is 19.1 Å². The first kappa shape index (κ1) is 14.7. The van der Waals surface area contributed by atoms with Gasteiger partial charge >= 0.3 is 6.61 Å². The molecule has 1 aromatic rings. The van der Waals surface area contributed by atoms with E-state index in [2.05, 4.69) is 10.1 Å². The summed E-state index contributed by atoms with van der Waals surface area (Å²) in [6.45, 7) is -2.38. The van der Waals surface area contributed by atoms with Crippen molar-refractivity contribution in [2.24, 2.45) is 11.1 Å². The molecule has 0 aromatic heterocycles. The first-order chi connectivity index (χ1) is 9.53. The van der Waals surface area contributed by atoms with Gasteiger partial charge in [0.25, 0.3) is 0 Å². The van der Waals surface area contributed by atoms with Crippen molar-refractivity contribution in [3.63, 3.8) is 0 Å². The van der Waals surface area contributed by atoms with E-state index in [-0.39, 0.29) is 17.1 Å². The predicted octanol–water partition coefficient (Wildman–Crippen LogP) is 2.75. The molecule has 0 spiro atoms. The summed E-state index contributed by atoms with van der Waals surface area (Å²) in [4.78, 5) is 12.0. The fourth-order valence-electron chi connectivity index (χ4n) is 2.43. The number of ether oxygens (including phenoxy) is 1. The van der Waals surface area contributed by atoms with Crippen molar-refractivity contribution >= 4 is 11.6 Å². The molecule has 0 heterocycles. The van der Waals surface area contributed by atoms with Crippen molar-refractivity contribution in [3.8, 4) is 5.75 Å². The number of nitrogens with one attached hydrogen (secondary N) is 1. The van der Waals surface area contributed by atoms with E-state index < -0.39 is 6.61 Å². The molecule has 1 aliphatic carbocycles. The summed E-state index contributed by atoms with van der Waals surface area (Å²) in [6, 6.07) is 5.97. The molecule has 1 fully saturated rings. The highest BCUT2D eigenvalue weighted by Crippen LogP contribution is 2.43. The number of benzene rings is 1. The van der Waals surface area contributed by atoms with Crippen LogP contribution in [0.4, 0.5) is 14.5 Å². The number of hydrogen-bond acceptors (Lipinski definition) is 3. The van der Waals surface area contributed by atoms with Crippen LogP contribution in [0.25, 0.3) is 0 Å². The Balaban J connectivity index is 1.93. The summed E-state index contributed by atoms with van der Waals surface area (Å²) in [5.74, 6) is -0.126. The van der Waals surface area contributed by atoms with Crippen molar-refractivity contribution in [1.82, 2.24) is 0 Å². The molecule has 6 heteroatoms. The van der Waals surface area contributed by atoms with Crippen molar-refractivity contribution in [2.45, 2.75) is 32.3 Å². The number of carbonyl (C=O) groups is 1. The fourth-order valence-corrected chi connectivity index (χ4v) is 2.43. The summed E-state index contributed by atoms with van der Waals surface area (Å²) in [5.41, 5.74) is 6.07. The van der Waals surface area contributed by atoms with Gasteiger partial charge in [-0.05, 0) is 36.9 Å². The highest BCUT2D eigenvalue weighted by molar-refractivity contribution is 5.91. The van der Waals surface area contributed by atoms with E-state index in [1.807, 2.05) is 0 Å². The van der Waals surface area contributed by atoms with Crippen LogP contribution in [-0.2, 0) is 4.79 Å². The summed E-state index contributed by atoms with van der Waals surface area (Å²) in [6.07, 6.45) is 3.39. The van der Waals surface area contributed by atoms with Crippen molar-refractivity contribution in [3.05, 3.63) is 24.3 Å². The van der Waals surface area contributed by atoms with Crippen molar-refractivity contribution < 1.29 is 18.3 Å². The first-order valence-electron chi connectivity index (χ1n) is 6.58. The molecule has 0 bridgehead atoms. The molecule has 0 radical (unpaired) electrons. The second-order valence-corrected chi connectivity index (χ2v) is 5.19. The van der Waals surface area contributed by atoms with Gasteiger partial charge in [0.05, 0.1) is 0 Å². The van der Waals surface area contributed by atoms with E-state index >= 15 is 0 Å². The third-order valence-electron chi connectivity index (χ3n) is 3.73. The molecular formula is C14H18F2N2O2. The predicted molar refractivity (Wildman–Crippen MR) is 71.7 cm³/mol. The zero-order valence-electron chi connectivity index (χ0n) is 11.1. The van der Waals surface area contributed by atoms with E-state index in [1.165, 1.54) is 12.1 Å². The van der Waals surface area contributed by atoms with Gasteiger partial charge < -0.3 is 15.8 Å². The number of rotatable bonds is 6. The Labute approximate surface area is 116 Å². The molecule has 1 amide bonds. The topological polar surface area (TPSA) is 64.4 Å². The van der Waals surface area contributed by atoms with Gasteiger partial charge in [-0.2, -0.15) is 8.78 Å². The third-order valence-corrected chi connectivity index (χ3v) is 3.73. The van der Waals surface area contributed by atoms with Gasteiger partial charge in [-0.15, -0.1) is 0 Å². The highest BCUT2D eigenvalue weighted by Gasteiger charge is 2.37. The monoisotopic (exact) mass is 284 g/mol. The zero-order valence-corrected chi connectivity index (χ0v) is 11.1. The average molecular weight is 284 g/mol. The van der Waals surface area contributed by atoms with Gasteiger partial charge in [0.2, 0.25) is 5.91 Å². The zero-order chi connectivity index (χ0) is 14.6. The number of hydrogen-bond donors (Lipinski definition) is 2. The van der Waals surface area contributed by atoms with E-state index in [9.17, 15) is 13.6 Å². The maximum Gasteiger partial charge on any atom is 0.387 e. The smallest absolute Gasteiger partial charge is 0.387 e. The van der Waals surface area contributed by atoms with E-state index in [4.69, 9.17) is 5.73 Å². The maximum atomic E-state index is 12.1. The van der Waals surface area contributed by atoms with Gasteiger partial charge in [0.1, 0.15) is 5.75 Å². The third kappa shape index (κ3) is 3.66. The van der Waals surface area contributed by atoms with Crippen molar-refractivity contribution in [1.29, 1.82) is 0 Å². The molecule has 110 valence electrons. The molecule has 4 nitrogen and oxygen atoms in total. The lowest BCUT2D eigenvalue weighted by molar-refractivity contribution is -0.119. The van der Waals surface area contributed by atoms with Gasteiger partial charge in [-0.1, -0.05) is 12.5 Å². The Morgan fingerprint density at radius 2 is 2.20 bits per heavy atom. The standard InChI is InChI=1S/C14H18F2N2O2/c15-13(16)20-11-4-1-3-10(7-11)18-12(19)8-14(9-17)5-2-6-14/h1,3-4,7,13H,2,5-6,8-9,17H2,(H,18,19). The van der Waals surface area contributed by atoms with Crippen LogP contribution in [0.2, 0.25) is 0 Å². The van der Waals surface area contributed by atoms with E-state index in [0.717, 1.165) is 19.3 Å². The van der Waals surface area contributed by atoms with Crippen LogP contribution in [0, 0.1) is 5.41 Å². The van der Waals surface area contributed by atoms with E-state index in [1.54, 1.807) is 12.1 Å². The lowest BCUT2D eigenvalue weighted by atomic mass is 9.66. The number of carbonyl (C=O) groups excluding carboxylic acids is 1. The molecule has 0 atom stereocenters. The van der Waals surface area contributed by atoms with Gasteiger partial charge in [0.15, 0.2) is 0 Å². The minimum absolute atomic E-state index is 0.0231. The van der Waals surface area contributed by atoms with E-state index in [0.29, 0.717) is 18.7 Å². The number of anilines is 1. The highest BCUT2D eigenvalue weighted by atomic mass is 19.3. The average Bonchev–Trinajstić information content (AvgIpc) is 2.33. The molecule has 3 N–H and O–H groups in total. The SMILES string of the molecule is NCC1(CC(=O)Nc2cccc(OC(F)F)c2)CCC1. The van der Waals surface area contributed by atoms with Crippen LogP contribution in [0.15, 0.2) is 24.3 Å². The Hall–Kier alpha value is -1.69. The quantitative estimate of drug-likeness (QED) is 0.844. The minimum Gasteiger partial charge on any atom is -0.435 e. The maximum absolute atomic E-state index is 12.1. The fraction of sp³-hybridized carbons (Fsp3) is 0.500. The molecule has 1 saturated carbocycles. The molecule has 1 aliphatic rings. The van der Waals surface area contributed by atoms with Crippen LogP contribution in [0.1, 0.15) is 25.7 Å². The second kappa shape index (κ2) is 6.17. The Morgan fingerprint density at radius 3 is 2.75 bits per heavy atom. The minimum atomic E-state index is -2.88. The van der Waals surface area contributed by atoms with Crippen LogP contribution < -0.4 is 15.8 Å². The first-order valence-corrected chi connectivity index (χ1v) is 6.58. The molecule has 2 rings (SSSR count). The van der Waals surface area contributed by atoms with Crippen LogP contribution in [0.5, 0.6) is 5.75 Å².